The molecule has 2 aliphatic carbocycles. The van der Waals surface area contributed by atoms with Crippen molar-refractivity contribution in [2.24, 2.45) is 0 Å². The van der Waals surface area contributed by atoms with Gasteiger partial charge in [-0.3, -0.25) is 0 Å². The maximum Gasteiger partial charge on any atom is 2.00 e. The van der Waals surface area contributed by atoms with E-state index in [4.69, 9.17) is 0 Å². The van der Waals surface area contributed by atoms with E-state index in [0.29, 0.717) is 11.8 Å². The van der Waals surface area contributed by atoms with Crippen LogP contribution < -0.4 is 10.2 Å². The van der Waals surface area contributed by atoms with Gasteiger partial charge in [-0.15, -0.1) is 11.5 Å². The average molecular weight is 306 g/mol. The maximum atomic E-state index is 11.0. The fourth-order valence-electron chi connectivity index (χ4n) is 3.10. The molecule has 2 nitrogen and oxygen atoms in total. The Kier molecular flexibility index (Phi) is 5.24. The molecule has 0 aromatic heterocycles. The van der Waals surface area contributed by atoms with Gasteiger partial charge in [-0.05, 0) is 35.8 Å². The minimum absolute atomic E-state index is 0. The molecular weight excluding hydrogens is 288 g/mol. The Bertz CT molecular complexity index is 594. The average Bonchev–Trinajstić information content (AvgIpc) is 2.41. The third-order valence-electron chi connectivity index (χ3n) is 4.42. The summed E-state index contributed by atoms with van der Waals surface area (Å²) in [5.74, 6) is 1.67. The number of fused-ring (bicyclic) bond motifs is 2. The number of benzene rings is 2. The summed E-state index contributed by atoms with van der Waals surface area (Å²) in [6, 6.07) is 11.1. The van der Waals surface area contributed by atoms with Crippen molar-refractivity contribution in [2.45, 2.75) is 38.5 Å². The Morgan fingerprint density at radius 3 is 1.43 bits per heavy atom. The van der Waals surface area contributed by atoms with Crippen LogP contribution in [0.25, 0.3) is 0 Å². The van der Waals surface area contributed by atoms with Crippen LogP contribution in [0.5, 0.6) is 11.5 Å². The summed E-state index contributed by atoms with van der Waals surface area (Å²) in [5.41, 5.74) is 4.59. The molecule has 2 atom stereocenters. The summed E-state index contributed by atoms with van der Waals surface area (Å²) in [6.45, 7) is 4.31. The molecule has 2 aromatic carbocycles. The molecule has 0 radical (unpaired) electrons. The fourth-order valence-corrected chi connectivity index (χ4v) is 3.10. The standard InChI is InChI=1S/2C9H10O.Ca/c2*1-6-5-8-7(6)3-2-4-9(8)10;/h2*2-4,6,10H,5H2,1H3;/q;;+2/p-2. The van der Waals surface area contributed by atoms with Gasteiger partial charge in [-0.2, -0.15) is 0 Å². The molecule has 0 bridgehead atoms. The van der Waals surface area contributed by atoms with E-state index in [-0.39, 0.29) is 49.2 Å². The Morgan fingerprint density at radius 2 is 1.14 bits per heavy atom. The molecule has 0 saturated heterocycles. The number of hydrogen-bond acceptors (Lipinski definition) is 2. The Labute approximate surface area is 155 Å². The molecule has 2 aromatic rings. The van der Waals surface area contributed by atoms with E-state index < -0.39 is 0 Å². The van der Waals surface area contributed by atoms with Crippen LogP contribution in [0.3, 0.4) is 0 Å². The van der Waals surface area contributed by atoms with E-state index in [9.17, 15) is 10.2 Å². The van der Waals surface area contributed by atoms with E-state index in [1.165, 1.54) is 11.1 Å². The molecule has 2 aliphatic rings. The first-order valence-corrected chi connectivity index (χ1v) is 7.15. The zero-order valence-corrected chi connectivity index (χ0v) is 14.8. The summed E-state index contributed by atoms with van der Waals surface area (Å²) in [7, 11) is 0. The third kappa shape index (κ3) is 3.08. The second-order valence-electron chi connectivity index (χ2n) is 5.86. The van der Waals surface area contributed by atoms with Gasteiger partial charge >= 0.3 is 37.7 Å². The van der Waals surface area contributed by atoms with Gasteiger partial charge in [-0.25, -0.2) is 0 Å². The van der Waals surface area contributed by atoms with Gasteiger partial charge in [0.05, 0.1) is 0 Å². The van der Waals surface area contributed by atoms with Crippen LogP contribution in [-0.2, 0) is 12.8 Å². The molecule has 0 spiro atoms. The van der Waals surface area contributed by atoms with Crippen molar-refractivity contribution in [2.75, 3.05) is 0 Å². The molecule has 0 aliphatic heterocycles. The molecule has 3 heteroatoms. The largest absolute Gasteiger partial charge is 2.00 e. The molecule has 2 unspecified atom stereocenters. The van der Waals surface area contributed by atoms with Gasteiger partial charge < -0.3 is 10.2 Å². The SMILES string of the molecule is CC1Cc2c([O-])cccc21.CC1Cc2c([O-])cccc21.[Ca+2]. The van der Waals surface area contributed by atoms with Crippen molar-refractivity contribution in [1.29, 1.82) is 0 Å². The minimum atomic E-state index is 0. The first kappa shape index (κ1) is 16.7. The number of rotatable bonds is 0. The van der Waals surface area contributed by atoms with Gasteiger partial charge in [0.25, 0.3) is 0 Å². The Balaban J connectivity index is 0.000000147. The van der Waals surface area contributed by atoms with Crippen LogP contribution in [0, 0.1) is 0 Å². The molecular formula is C18H18CaO2. The molecule has 104 valence electrons. The number of hydrogen-bond donors (Lipinski definition) is 0. The minimum Gasteiger partial charge on any atom is -0.872 e. The molecule has 0 N–H and O–H groups in total. The smallest absolute Gasteiger partial charge is 0.872 e. The van der Waals surface area contributed by atoms with Gasteiger partial charge in [0.2, 0.25) is 0 Å². The Morgan fingerprint density at radius 1 is 0.762 bits per heavy atom. The zero-order chi connectivity index (χ0) is 14.3. The van der Waals surface area contributed by atoms with E-state index in [1.807, 2.05) is 24.3 Å². The van der Waals surface area contributed by atoms with Crippen LogP contribution in [0.15, 0.2) is 36.4 Å². The molecule has 0 saturated carbocycles. The molecule has 0 heterocycles. The predicted molar refractivity (Wildman–Crippen MR) is 81.8 cm³/mol. The second-order valence-corrected chi connectivity index (χ2v) is 5.86. The van der Waals surface area contributed by atoms with E-state index in [2.05, 4.69) is 13.8 Å². The zero-order valence-electron chi connectivity index (χ0n) is 12.6. The molecule has 21 heavy (non-hydrogen) atoms. The fraction of sp³-hybridized carbons (Fsp3) is 0.333. The van der Waals surface area contributed by atoms with Crippen molar-refractivity contribution < 1.29 is 10.2 Å². The first-order valence-electron chi connectivity index (χ1n) is 7.15. The van der Waals surface area contributed by atoms with Crippen molar-refractivity contribution in [3.63, 3.8) is 0 Å². The molecule has 4 rings (SSSR count). The summed E-state index contributed by atoms with van der Waals surface area (Å²) < 4.78 is 0. The molecule has 0 fully saturated rings. The van der Waals surface area contributed by atoms with Crippen molar-refractivity contribution in [1.82, 2.24) is 0 Å². The van der Waals surface area contributed by atoms with Crippen LogP contribution in [0.4, 0.5) is 0 Å². The van der Waals surface area contributed by atoms with Crippen LogP contribution in [0.1, 0.15) is 47.9 Å². The summed E-state index contributed by atoms with van der Waals surface area (Å²) in [6.07, 6.45) is 1.96. The van der Waals surface area contributed by atoms with E-state index in [0.717, 1.165) is 24.0 Å². The van der Waals surface area contributed by atoms with Crippen LogP contribution in [-0.4, -0.2) is 37.7 Å². The first-order chi connectivity index (χ1) is 9.58. The quantitative estimate of drug-likeness (QED) is 0.702. The van der Waals surface area contributed by atoms with Crippen LogP contribution in [0.2, 0.25) is 0 Å². The molecule has 0 amide bonds. The van der Waals surface area contributed by atoms with Gasteiger partial charge in [-0.1, -0.05) is 61.4 Å². The van der Waals surface area contributed by atoms with Gasteiger partial charge in [0, 0.05) is 0 Å². The van der Waals surface area contributed by atoms with Crippen molar-refractivity contribution in [3.8, 4) is 11.5 Å². The normalized spacial score (nSPS) is 20.5. The summed E-state index contributed by atoms with van der Waals surface area (Å²) in [5, 5.41) is 22.1. The van der Waals surface area contributed by atoms with Crippen LogP contribution >= 0.6 is 0 Å². The third-order valence-corrected chi connectivity index (χ3v) is 4.42. The summed E-state index contributed by atoms with van der Waals surface area (Å²) in [4.78, 5) is 0. The second kappa shape index (κ2) is 6.60. The summed E-state index contributed by atoms with van der Waals surface area (Å²) >= 11 is 0. The van der Waals surface area contributed by atoms with Crippen molar-refractivity contribution >= 4 is 37.7 Å². The maximum absolute atomic E-state index is 11.0. The van der Waals surface area contributed by atoms with Gasteiger partial charge in [0.1, 0.15) is 0 Å². The van der Waals surface area contributed by atoms with E-state index >= 15 is 0 Å². The predicted octanol–water partition coefficient (Wildman–Crippen LogP) is 2.46. The topological polar surface area (TPSA) is 46.1 Å². The Hall–Kier alpha value is -0.700. The monoisotopic (exact) mass is 306 g/mol. The van der Waals surface area contributed by atoms with Crippen molar-refractivity contribution in [3.05, 3.63) is 58.7 Å². The van der Waals surface area contributed by atoms with E-state index in [1.54, 1.807) is 12.1 Å². The van der Waals surface area contributed by atoms with Gasteiger partial charge in [0.15, 0.2) is 0 Å².